The van der Waals surface area contributed by atoms with Gasteiger partial charge < -0.3 is 9.84 Å². The third-order valence-electron chi connectivity index (χ3n) is 5.60. The molecule has 31 heavy (non-hydrogen) atoms. The first-order valence-corrected chi connectivity index (χ1v) is 10.2. The molecule has 1 amide bonds. The van der Waals surface area contributed by atoms with E-state index in [1.54, 1.807) is 26.0 Å². The van der Waals surface area contributed by atoms with E-state index in [1.165, 1.54) is 12.3 Å². The second-order valence-electron chi connectivity index (χ2n) is 8.17. The maximum Gasteiger partial charge on any atom is 0.263 e. The van der Waals surface area contributed by atoms with Gasteiger partial charge in [0, 0.05) is 11.6 Å². The zero-order valence-corrected chi connectivity index (χ0v) is 17.8. The predicted octanol–water partition coefficient (Wildman–Crippen LogP) is 4.35. The van der Waals surface area contributed by atoms with Crippen LogP contribution in [-0.2, 0) is 0 Å². The first-order chi connectivity index (χ1) is 14.8. The number of amides is 1. The van der Waals surface area contributed by atoms with Crippen molar-refractivity contribution in [3.63, 3.8) is 0 Å². The minimum Gasteiger partial charge on any atom is -0.361 e. The zero-order valence-electron chi connectivity index (χ0n) is 17.8. The minimum absolute atomic E-state index is 0.265. The third kappa shape index (κ3) is 4.65. The normalized spacial score (nSPS) is 15.8. The molecule has 0 atom stereocenters. The number of carbonyl (C=O) groups is 1. The summed E-state index contributed by atoms with van der Waals surface area (Å²) in [7, 11) is 0. The monoisotopic (exact) mass is 424 g/mol. The Bertz CT molecular complexity index is 1130. The summed E-state index contributed by atoms with van der Waals surface area (Å²) in [5.74, 6) is 0.520. The van der Waals surface area contributed by atoms with Crippen molar-refractivity contribution in [2.75, 3.05) is 5.32 Å². The fourth-order valence-electron chi connectivity index (χ4n) is 3.71. The smallest absolute Gasteiger partial charge is 0.263 e. The van der Waals surface area contributed by atoms with Gasteiger partial charge in [-0.05, 0) is 45.2 Å². The molecule has 162 valence electrons. The SMILES string of the molecule is Cc1ccc(-c2cc(NC(=NC3(C)CCCC3)NC(=O)c3cnoc3C)n[nH]2)cc1F. The van der Waals surface area contributed by atoms with Gasteiger partial charge in [-0.1, -0.05) is 30.1 Å². The number of hydrogen-bond acceptors (Lipinski definition) is 5. The van der Waals surface area contributed by atoms with Crippen LogP contribution < -0.4 is 10.6 Å². The van der Waals surface area contributed by atoms with Gasteiger partial charge in [0.05, 0.1) is 17.4 Å². The van der Waals surface area contributed by atoms with Crippen molar-refractivity contribution in [3.05, 3.63) is 53.2 Å². The summed E-state index contributed by atoms with van der Waals surface area (Å²) in [6, 6.07) is 6.74. The lowest BCUT2D eigenvalue weighted by Gasteiger charge is -2.20. The molecule has 2 aromatic heterocycles. The molecule has 1 saturated carbocycles. The number of aromatic nitrogens is 3. The van der Waals surface area contributed by atoms with E-state index in [4.69, 9.17) is 9.52 Å². The molecular weight excluding hydrogens is 399 g/mol. The summed E-state index contributed by atoms with van der Waals surface area (Å²) in [5.41, 5.74) is 1.97. The Balaban J connectivity index is 1.58. The van der Waals surface area contributed by atoms with E-state index >= 15 is 0 Å². The minimum atomic E-state index is -0.372. The molecule has 8 nitrogen and oxygen atoms in total. The lowest BCUT2D eigenvalue weighted by atomic mass is 10.0. The van der Waals surface area contributed by atoms with Gasteiger partial charge in [-0.2, -0.15) is 5.10 Å². The lowest BCUT2D eigenvalue weighted by molar-refractivity contribution is 0.0975. The van der Waals surface area contributed by atoms with Crippen LogP contribution in [0.4, 0.5) is 10.2 Å². The second kappa shape index (κ2) is 8.33. The molecule has 1 fully saturated rings. The molecule has 9 heteroatoms. The number of H-pyrrole nitrogens is 1. The van der Waals surface area contributed by atoms with E-state index in [2.05, 4.69) is 32.9 Å². The van der Waals surface area contributed by atoms with Crippen LogP contribution in [0.15, 0.2) is 40.0 Å². The Labute approximate surface area is 179 Å². The Morgan fingerprint density at radius 1 is 1.26 bits per heavy atom. The molecule has 0 saturated heterocycles. The molecule has 1 aliphatic rings. The summed E-state index contributed by atoms with van der Waals surface area (Å²) < 4.78 is 18.9. The summed E-state index contributed by atoms with van der Waals surface area (Å²) in [6.45, 7) is 5.46. The van der Waals surface area contributed by atoms with Crippen LogP contribution in [0, 0.1) is 19.7 Å². The molecule has 0 radical (unpaired) electrons. The van der Waals surface area contributed by atoms with Gasteiger partial charge in [-0.15, -0.1) is 0 Å². The van der Waals surface area contributed by atoms with Crippen molar-refractivity contribution in [2.24, 2.45) is 4.99 Å². The lowest BCUT2D eigenvalue weighted by Crippen LogP contribution is -2.38. The highest BCUT2D eigenvalue weighted by molar-refractivity contribution is 6.10. The van der Waals surface area contributed by atoms with Crippen molar-refractivity contribution in [2.45, 2.75) is 52.0 Å². The summed E-state index contributed by atoms with van der Waals surface area (Å²) in [5, 5.41) is 16.7. The zero-order chi connectivity index (χ0) is 22.0. The molecule has 0 spiro atoms. The molecule has 4 rings (SSSR count). The average molecular weight is 424 g/mol. The van der Waals surface area contributed by atoms with Crippen molar-refractivity contribution >= 4 is 17.7 Å². The number of carbonyl (C=O) groups excluding carboxylic acids is 1. The van der Waals surface area contributed by atoms with E-state index in [-0.39, 0.29) is 17.3 Å². The summed E-state index contributed by atoms with van der Waals surface area (Å²) >= 11 is 0. The largest absolute Gasteiger partial charge is 0.361 e. The first-order valence-electron chi connectivity index (χ1n) is 10.2. The van der Waals surface area contributed by atoms with Gasteiger partial charge >= 0.3 is 0 Å². The van der Waals surface area contributed by atoms with Crippen LogP contribution >= 0.6 is 0 Å². The number of aromatic amines is 1. The molecule has 2 heterocycles. The van der Waals surface area contributed by atoms with Crippen LogP contribution in [0.1, 0.15) is 54.3 Å². The standard InChI is InChI=1S/C22H25FN6O2/c1-13-6-7-15(10-17(13)23)18-11-19(29-28-18)25-21(27-22(3)8-4-5-9-22)26-20(30)16-12-24-31-14(16)2/h6-7,10-12H,4-5,8-9H2,1-3H3,(H3,25,26,27,28,29,30). The number of nitrogens with one attached hydrogen (secondary N) is 3. The number of hydrogen-bond donors (Lipinski definition) is 3. The second-order valence-corrected chi connectivity index (χ2v) is 8.17. The van der Waals surface area contributed by atoms with Crippen molar-refractivity contribution in [1.82, 2.24) is 20.7 Å². The molecule has 0 unspecified atom stereocenters. The van der Waals surface area contributed by atoms with Crippen molar-refractivity contribution in [3.8, 4) is 11.3 Å². The number of aliphatic imine (C=N–C) groups is 1. The van der Waals surface area contributed by atoms with Gasteiger partial charge in [-0.25, -0.2) is 9.38 Å². The van der Waals surface area contributed by atoms with Crippen LogP contribution in [0.5, 0.6) is 0 Å². The van der Waals surface area contributed by atoms with Gasteiger partial charge in [0.25, 0.3) is 5.91 Å². The Kier molecular flexibility index (Phi) is 5.58. The Hall–Kier alpha value is -3.49. The number of nitrogens with zero attached hydrogens (tertiary/aromatic N) is 3. The number of guanidine groups is 1. The predicted molar refractivity (Wildman–Crippen MR) is 115 cm³/mol. The maximum atomic E-state index is 13.9. The van der Waals surface area contributed by atoms with Crippen LogP contribution in [-0.4, -0.2) is 32.8 Å². The number of aryl methyl sites for hydroxylation is 2. The summed E-state index contributed by atoms with van der Waals surface area (Å²) in [4.78, 5) is 17.5. The highest BCUT2D eigenvalue weighted by atomic mass is 19.1. The van der Waals surface area contributed by atoms with Gasteiger partial charge in [-0.3, -0.25) is 15.2 Å². The van der Waals surface area contributed by atoms with Crippen LogP contribution in [0.25, 0.3) is 11.3 Å². The maximum absolute atomic E-state index is 13.9. The van der Waals surface area contributed by atoms with E-state index in [9.17, 15) is 9.18 Å². The van der Waals surface area contributed by atoms with E-state index in [1.807, 2.05) is 6.07 Å². The quantitative estimate of drug-likeness (QED) is 0.426. The topological polar surface area (TPSA) is 108 Å². The van der Waals surface area contributed by atoms with Gasteiger partial charge in [0.15, 0.2) is 5.82 Å². The number of halogens is 1. The number of anilines is 1. The highest BCUT2D eigenvalue weighted by Gasteiger charge is 2.29. The number of benzene rings is 1. The summed E-state index contributed by atoms with van der Waals surface area (Å²) in [6.07, 6.45) is 5.44. The fraction of sp³-hybridized carbons (Fsp3) is 0.364. The van der Waals surface area contributed by atoms with Gasteiger partial charge in [0.2, 0.25) is 5.96 Å². The third-order valence-corrected chi connectivity index (χ3v) is 5.60. The highest BCUT2D eigenvalue weighted by Crippen LogP contribution is 2.33. The molecule has 0 aliphatic heterocycles. The van der Waals surface area contributed by atoms with Crippen LogP contribution in [0.2, 0.25) is 0 Å². The van der Waals surface area contributed by atoms with Crippen LogP contribution in [0.3, 0.4) is 0 Å². The molecule has 3 N–H and O–H groups in total. The average Bonchev–Trinajstić information content (AvgIpc) is 3.46. The Morgan fingerprint density at radius 2 is 2.03 bits per heavy atom. The van der Waals surface area contributed by atoms with Crippen molar-refractivity contribution in [1.29, 1.82) is 0 Å². The van der Waals surface area contributed by atoms with E-state index < -0.39 is 0 Å². The van der Waals surface area contributed by atoms with E-state index in [0.717, 1.165) is 25.7 Å². The molecular formula is C22H25FN6O2. The molecule has 3 aromatic rings. The Morgan fingerprint density at radius 3 is 2.71 bits per heavy atom. The van der Waals surface area contributed by atoms with Gasteiger partial charge in [0.1, 0.15) is 17.1 Å². The molecule has 1 aliphatic carbocycles. The first kappa shape index (κ1) is 20.8. The molecule has 0 bridgehead atoms. The molecule has 1 aromatic carbocycles. The van der Waals surface area contributed by atoms with E-state index in [0.29, 0.717) is 39.9 Å². The van der Waals surface area contributed by atoms with Crippen molar-refractivity contribution < 1.29 is 13.7 Å². The fourth-order valence-corrected chi connectivity index (χ4v) is 3.71. The number of rotatable bonds is 4.